The number of carbonyl (C=O) groups is 1. The number of fused-ring (bicyclic) bond motifs is 1. The normalized spacial score (nSPS) is 18.5. The van der Waals surface area contributed by atoms with Crippen LogP contribution in [0.1, 0.15) is 47.9 Å². The molecule has 0 atom stereocenters. The van der Waals surface area contributed by atoms with Crippen molar-refractivity contribution in [1.82, 2.24) is 30.0 Å². The first-order valence-electron chi connectivity index (χ1n) is 10.8. The second kappa shape index (κ2) is 8.37. The van der Waals surface area contributed by atoms with E-state index in [2.05, 4.69) is 25.4 Å². The molecule has 1 aromatic carbocycles. The van der Waals surface area contributed by atoms with Gasteiger partial charge in [0.25, 0.3) is 11.5 Å². The van der Waals surface area contributed by atoms with Crippen LogP contribution in [0.5, 0.6) is 0 Å². The Labute approximate surface area is 184 Å². The third-order valence-corrected chi connectivity index (χ3v) is 6.02. The number of benzene rings is 1. The van der Waals surface area contributed by atoms with Crippen molar-refractivity contribution in [1.29, 1.82) is 0 Å². The highest BCUT2D eigenvalue weighted by Crippen LogP contribution is 2.28. The van der Waals surface area contributed by atoms with Gasteiger partial charge in [-0.2, -0.15) is 5.10 Å². The summed E-state index contributed by atoms with van der Waals surface area (Å²) in [6.07, 6.45) is 6.62. The SMILES string of the molecule is Cc1nc2ccc(C(=O)NC3CCC(n4nc(-c5cccnc5)ccc4=O)CC3)cc2[nH]1. The van der Waals surface area contributed by atoms with E-state index in [1.54, 1.807) is 35.3 Å². The molecule has 1 fully saturated rings. The zero-order valence-corrected chi connectivity index (χ0v) is 17.8. The van der Waals surface area contributed by atoms with Crippen LogP contribution in [-0.2, 0) is 0 Å². The number of hydrogen-bond acceptors (Lipinski definition) is 5. The van der Waals surface area contributed by atoms with E-state index in [1.807, 2.05) is 31.2 Å². The van der Waals surface area contributed by atoms with Gasteiger partial charge in [-0.3, -0.25) is 14.6 Å². The molecule has 8 heteroatoms. The average Bonchev–Trinajstić information content (AvgIpc) is 3.20. The van der Waals surface area contributed by atoms with Crippen molar-refractivity contribution in [3.05, 3.63) is 76.6 Å². The van der Waals surface area contributed by atoms with Crippen LogP contribution in [0, 0.1) is 6.92 Å². The molecule has 0 bridgehead atoms. The first-order chi connectivity index (χ1) is 15.6. The van der Waals surface area contributed by atoms with Gasteiger partial charge in [0.15, 0.2) is 0 Å². The Balaban J connectivity index is 1.25. The first-order valence-corrected chi connectivity index (χ1v) is 10.8. The quantitative estimate of drug-likeness (QED) is 0.518. The second-order valence-corrected chi connectivity index (χ2v) is 8.28. The van der Waals surface area contributed by atoms with Gasteiger partial charge in [-0.05, 0) is 69.0 Å². The molecule has 162 valence electrons. The molecule has 0 radical (unpaired) electrons. The highest BCUT2D eigenvalue weighted by atomic mass is 16.1. The predicted octanol–water partition coefficient (Wildman–Crippen LogP) is 3.40. The topological polar surface area (TPSA) is 106 Å². The van der Waals surface area contributed by atoms with Crippen molar-refractivity contribution in [2.45, 2.75) is 44.7 Å². The van der Waals surface area contributed by atoms with E-state index in [0.29, 0.717) is 5.56 Å². The summed E-state index contributed by atoms with van der Waals surface area (Å²) in [4.78, 5) is 36.9. The lowest BCUT2D eigenvalue weighted by Gasteiger charge is -2.29. The molecule has 4 aromatic rings. The van der Waals surface area contributed by atoms with E-state index in [1.165, 1.54) is 0 Å². The van der Waals surface area contributed by atoms with Gasteiger partial charge in [0, 0.05) is 35.6 Å². The lowest BCUT2D eigenvalue weighted by atomic mass is 9.91. The van der Waals surface area contributed by atoms with Crippen molar-refractivity contribution < 1.29 is 4.79 Å². The fraction of sp³-hybridized carbons (Fsp3) is 0.292. The van der Waals surface area contributed by atoms with Gasteiger partial charge in [-0.25, -0.2) is 9.67 Å². The molecule has 0 spiro atoms. The molecule has 3 aromatic heterocycles. The molecular weight excluding hydrogens is 404 g/mol. The Hall–Kier alpha value is -3.81. The van der Waals surface area contributed by atoms with Gasteiger partial charge in [-0.15, -0.1) is 0 Å². The number of nitrogens with zero attached hydrogens (tertiary/aromatic N) is 4. The summed E-state index contributed by atoms with van der Waals surface area (Å²) >= 11 is 0. The molecular formula is C24H24N6O2. The summed E-state index contributed by atoms with van der Waals surface area (Å²) < 4.78 is 1.59. The van der Waals surface area contributed by atoms with E-state index in [0.717, 1.165) is 53.8 Å². The van der Waals surface area contributed by atoms with Crippen molar-refractivity contribution in [3.8, 4) is 11.3 Å². The van der Waals surface area contributed by atoms with Gasteiger partial charge >= 0.3 is 0 Å². The fourth-order valence-corrected chi connectivity index (χ4v) is 4.37. The van der Waals surface area contributed by atoms with Crippen LogP contribution in [0.4, 0.5) is 0 Å². The molecule has 1 saturated carbocycles. The minimum atomic E-state index is -0.103. The summed E-state index contributed by atoms with van der Waals surface area (Å²) in [6, 6.07) is 12.7. The Kier molecular flexibility index (Phi) is 5.26. The van der Waals surface area contributed by atoms with Crippen LogP contribution >= 0.6 is 0 Å². The van der Waals surface area contributed by atoms with Gasteiger partial charge in [0.2, 0.25) is 0 Å². The molecule has 1 aliphatic carbocycles. The third-order valence-electron chi connectivity index (χ3n) is 6.02. The predicted molar refractivity (Wildman–Crippen MR) is 121 cm³/mol. The molecule has 0 aliphatic heterocycles. The number of aromatic amines is 1. The largest absolute Gasteiger partial charge is 0.349 e. The zero-order chi connectivity index (χ0) is 22.1. The molecule has 2 N–H and O–H groups in total. The van der Waals surface area contributed by atoms with Crippen LogP contribution < -0.4 is 10.9 Å². The number of rotatable bonds is 4. The number of amides is 1. The molecule has 8 nitrogen and oxygen atoms in total. The van der Waals surface area contributed by atoms with Crippen molar-refractivity contribution in [2.75, 3.05) is 0 Å². The molecule has 0 saturated heterocycles. The lowest BCUT2D eigenvalue weighted by Crippen LogP contribution is -2.39. The Morgan fingerprint density at radius 1 is 1.12 bits per heavy atom. The van der Waals surface area contributed by atoms with Gasteiger partial charge in [-0.1, -0.05) is 0 Å². The Morgan fingerprint density at radius 2 is 1.97 bits per heavy atom. The summed E-state index contributed by atoms with van der Waals surface area (Å²) in [5.74, 6) is 0.740. The van der Waals surface area contributed by atoms with E-state index in [4.69, 9.17) is 0 Å². The van der Waals surface area contributed by atoms with Crippen LogP contribution in [-0.4, -0.2) is 36.7 Å². The maximum atomic E-state index is 12.8. The highest BCUT2D eigenvalue weighted by Gasteiger charge is 2.25. The highest BCUT2D eigenvalue weighted by molar-refractivity contribution is 5.97. The van der Waals surface area contributed by atoms with E-state index in [-0.39, 0.29) is 23.6 Å². The first kappa shape index (κ1) is 20.1. The van der Waals surface area contributed by atoms with Crippen LogP contribution in [0.15, 0.2) is 59.7 Å². The molecule has 1 aliphatic rings. The second-order valence-electron chi connectivity index (χ2n) is 8.28. The Morgan fingerprint density at radius 3 is 2.75 bits per heavy atom. The Bertz CT molecular complexity index is 1320. The summed E-state index contributed by atoms with van der Waals surface area (Å²) in [6.45, 7) is 1.89. The van der Waals surface area contributed by atoms with Gasteiger partial charge in [0.1, 0.15) is 5.82 Å². The third kappa shape index (κ3) is 4.03. The van der Waals surface area contributed by atoms with Crippen LogP contribution in [0.25, 0.3) is 22.3 Å². The fourth-order valence-electron chi connectivity index (χ4n) is 4.37. The molecule has 1 amide bonds. The minimum Gasteiger partial charge on any atom is -0.349 e. The van der Waals surface area contributed by atoms with Crippen molar-refractivity contribution in [3.63, 3.8) is 0 Å². The van der Waals surface area contributed by atoms with Crippen LogP contribution in [0.3, 0.4) is 0 Å². The summed E-state index contributed by atoms with van der Waals surface area (Å²) in [5, 5.41) is 7.74. The number of pyridine rings is 1. The van der Waals surface area contributed by atoms with Crippen molar-refractivity contribution in [2.24, 2.45) is 0 Å². The molecule has 0 unspecified atom stereocenters. The monoisotopic (exact) mass is 428 g/mol. The summed E-state index contributed by atoms with van der Waals surface area (Å²) in [5.41, 5.74) is 3.84. The number of imidazole rings is 1. The molecule has 5 rings (SSSR count). The van der Waals surface area contributed by atoms with Crippen LogP contribution in [0.2, 0.25) is 0 Å². The van der Waals surface area contributed by atoms with Gasteiger partial charge in [0.05, 0.1) is 22.8 Å². The summed E-state index contributed by atoms with van der Waals surface area (Å²) in [7, 11) is 0. The average molecular weight is 428 g/mol. The molecule has 32 heavy (non-hydrogen) atoms. The van der Waals surface area contributed by atoms with Gasteiger partial charge < -0.3 is 10.3 Å². The van der Waals surface area contributed by atoms with E-state index in [9.17, 15) is 9.59 Å². The van der Waals surface area contributed by atoms with E-state index >= 15 is 0 Å². The smallest absolute Gasteiger partial charge is 0.267 e. The minimum absolute atomic E-state index is 0.0246. The standard InChI is InChI=1S/C24H24N6O2/c1-15-26-21-9-4-16(13-22(21)27-15)24(32)28-18-5-7-19(8-6-18)30-23(31)11-10-20(29-30)17-3-2-12-25-14-17/h2-4,9-14,18-19H,5-8H2,1H3,(H,26,27)(H,28,32). The number of hydrogen-bond donors (Lipinski definition) is 2. The number of aryl methyl sites for hydroxylation is 1. The number of aromatic nitrogens is 5. The maximum absolute atomic E-state index is 12.8. The molecule has 3 heterocycles. The zero-order valence-electron chi connectivity index (χ0n) is 17.8. The number of nitrogens with one attached hydrogen (secondary N) is 2. The number of carbonyl (C=O) groups excluding carboxylic acids is 1. The van der Waals surface area contributed by atoms with Crippen molar-refractivity contribution >= 4 is 16.9 Å². The lowest BCUT2D eigenvalue weighted by molar-refractivity contribution is 0.0921. The maximum Gasteiger partial charge on any atom is 0.267 e. The number of H-pyrrole nitrogens is 1. The van der Waals surface area contributed by atoms with E-state index < -0.39 is 0 Å².